The highest BCUT2D eigenvalue weighted by Gasteiger charge is 2.30. The van der Waals surface area contributed by atoms with Gasteiger partial charge in [0.05, 0.1) is 11.3 Å². The van der Waals surface area contributed by atoms with E-state index in [4.69, 9.17) is 4.74 Å². The van der Waals surface area contributed by atoms with Gasteiger partial charge in [0.25, 0.3) is 5.91 Å². The first kappa shape index (κ1) is 23.5. The minimum atomic E-state index is -4.44. The Labute approximate surface area is 183 Å². The summed E-state index contributed by atoms with van der Waals surface area (Å²) in [6, 6.07) is 4.98. The molecule has 1 saturated carbocycles. The van der Waals surface area contributed by atoms with Crippen molar-refractivity contribution < 1.29 is 27.5 Å². The lowest BCUT2D eigenvalue weighted by atomic mass is 10.1. The van der Waals surface area contributed by atoms with Crippen LogP contribution in [0.1, 0.15) is 46.9 Å². The Bertz CT molecular complexity index is 962. The fraction of sp³-hybridized carbons (Fsp3) is 0.455. The second kappa shape index (κ2) is 10.4. The zero-order valence-electron chi connectivity index (χ0n) is 17.7. The molecule has 172 valence electrons. The summed E-state index contributed by atoms with van der Waals surface area (Å²) in [7, 11) is 0. The number of carbonyl (C=O) groups is 2. The van der Waals surface area contributed by atoms with Crippen LogP contribution in [0.5, 0.6) is 5.88 Å². The molecule has 0 radical (unpaired) electrons. The summed E-state index contributed by atoms with van der Waals surface area (Å²) in [6.45, 7) is 0.915. The number of aromatic nitrogens is 2. The summed E-state index contributed by atoms with van der Waals surface area (Å²) in [4.78, 5) is 32.7. The third kappa shape index (κ3) is 6.93. The lowest BCUT2D eigenvalue weighted by Gasteiger charge is -2.13. The SMILES string of the molecule is CCc1cc(CNC(=O)c2cccnc2CCNC(=O)C2CC2)cnc1OCC(F)(F)F. The number of nitrogens with zero attached hydrogens (tertiary/aromatic N) is 2. The molecule has 0 atom stereocenters. The molecule has 2 heterocycles. The second-order valence-electron chi connectivity index (χ2n) is 7.56. The van der Waals surface area contributed by atoms with Gasteiger partial charge in [-0.15, -0.1) is 0 Å². The summed E-state index contributed by atoms with van der Waals surface area (Å²) in [6.07, 6.45) is 1.23. The van der Waals surface area contributed by atoms with E-state index in [9.17, 15) is 22.8 Å². The van der Waals surface area contributed by atoms with Gasteiger partial charge in [0.2, 0.25) is 11.8 Å². The molecule has 32 heavy (non-hydrogen) atoms. The van der Waals surface area contributed by atoms with Crippen molar-refractivity contribution in [2.45, 2.75) is 45.3 Å². The Balaban J connectivity index is 1.57. The van der Waals surface area contributed by atoms with Gasteiger partial charge in [-0.25, -0.2) is 4.98 Å². The summed E-state index contributed by atoms with van der Waals surface area (Å²) in [5.74, 6) is -0.248. The van der Waals surface area contributed by atoms with Gasteiger partial charge in [-0.3, -0.25) is 14.6 Å². The molecular formula is C22H25F3N4O3. The molecule has 0 bridgehead atoms. The van der Waals surface area contributed by atoms with Crippen molar-refractivity contribution in [3.05, 3.63) is 53.0 Å². The number of nitrogens with one attached hydrogen (secondary N) is 2. The third-order valence-electron chi connectivity index (χ3n) is 4.93. The van der Waals surface area contributed by atoms with Gasteiger partial charge in [0, 0.05) is 43.4 Å². The maximum Gasteiger partial charge on any atom is 0.422 e. The fourth-order valence-corrected chi connectivity index (χ4v) is 3.09. The molecule has 0 unspecified atom stereocenters. The number of halogens is 3. The van der Waals surface area contributed by atoms with E-state index in [2.05, 4.69) is 20.6 Å². The Hall–Kier alpha value is -3.17. The molecule has 0 aliphatic heterocycles. The van der Waals surface area contributed by atoms with E-state index in [1.165, 1.54) is 6.20 Å². The minimum Gasteiger partial charge on any atom is -0.468 e. The largest absolute Gasteiger partial charge is 0.468 e. The molecule has 10 heteroatoms. The fourth-order valence-electron chi connectivity index (χ4n) is 3.09. The molecule has 2 aromatic rings. The standard InChI is InChI=1S/C22H25F3N4O3/c1-2-15-10-14(12-29-21(15)32-13-22(23,24)25)11-28-20(31)17-4-3-8-26-18(17)7-9-27-19(30)16-5-6-16/h3-4,8,10,12,16H,2,5-7,9,11,13H2,1H3,(H,27,30)(H,28,31). The lowest BCUT2D eigenvalue weighted by molar-refractivity contribution is -0.154. The van der Waals surface area contributed by atoms with Crippen molar-refractivity contribution in [3.63, 3.8) is 0 Å². The normalized spacial score (nSPS) is 13.5. The van der Waals surface area contributed by atoms with Crippen molar-refractivity contribution in [3.8, 4) is 5.88 Å². The highest BCUT2D eigenvalue weighted by molar-refractivity contribution is 5.95. The van der Waals surface area contributed by atoms with E-state index in [1.807, 2.05) is 0 Å². The summed E-state index contributed by atoms with van der Waals surface area (Å²) in [5, 5.41) is 5.64. The van der Waals surface area contributed by atoms with Crippen LogP contribution in [0.3, 0.4) is 0 Å². The molecule has 0 saturated heterocycles. The Morgan fingerprint density at radius 2 is 2.00 bits per heavy atom. The number of aryl methyl sites for hydroxylation is 1. The Morgan fingerprint density at radius 1 is 1.22 bits per heavy atom. The molecule has 1 fully saturated rings. The van der Waals surface area contributed by atoms with Crippen LogP contribution >= 0.6 is 0 Å². The van der Waals surface area contributed by atoms with Crippen LogP contribution in [0.25, 0.3) is 0 Å². The van der Waals surface area contributed by atoms with Crippen LogP contribution in [0.4, 0.5) is 13.2 Å². The van der Waals surface area contributed by atoms with Crippen molar-refractivity contribution in [2.75, 3.05) is 13.2 Å². The summed E-state index contributed by atoms with van der Waals surface area (Å²) in [5.41, 5.74) is 2.14. The first-order valence-electron chi connectivity index (χ1n) is 10.4. The average Bonchev–Trinajstić information content (AvgIpc) is 3.61. The number of alkyl halides is 3. The number of amides is 2. The van der Waals surface area contributed by atoms with Gasteiger partial charge in [0.1, 0.15) is 0 Å². The molecule has 0 aromatic carbocycles. The van der Waals surface area contributed by atoms with E-state index in [-0.39, 0.29) is 30.2 Å². The first-order valence-corrected chi connectivity index (χ1v) is 10.4. The van der Waals surface area contributed by atoms with Crippen LogP contribution in [-0.2, 0) is 24.2 Å². The molecule has 2 N–H and O–H groups in total. The summed E-state index contributed by atoms with van der Waals surface area (Å²) < 4.78 is 41.9. The number of pyridine rings is 2. The minimum absolute atomic E-state index is 0.0359. The number of ether oxygens (including phenoxy) is 1. The van der Waals surface area contributed by atoms with Crippen LogP contribution in [0.15, 0.2) is 30.6 Å². The molecule has 2 aromatic heterocycles. The molecule has 2 amide bonds. The number of carbonyl (C=O) groups excluding carboxylic acids is 2. The van der Waals surface area contributed by atoms with Crippen molar-refractivity contribution >= 4 is 11.8 Å². The van der Waals surface area contributed by atoms with Crippen LogP contribution in [0.2, 0.25) is 0 Å². The van der Waals surface area contributed by atoms with Crippen LogP contribution in [0, 0.1) is 5.92 Å². The monoisotopic (exact) mass is 450 g/mol. The molecular weight excluding hydrogens is 425 g/mol. The second-order valence-corrected chi connectivity index (χ2v) is 7.56. The zero-order chi connectivity index (χ0) is 23.1. The topological polar surface area (TPSA) is 93.2 Å². The lowest BCUT2D eigenvalue weighted by Crippen LogP contribution is -2.29. The number of hydrogen-bond acceptors (Lipinski definition) is 5. The van der Waals surface area contributed by atoms with Crippen molar-refractivity contribution in [1.82, 2.24) is 20.6 Å². The molecule has 0 spiro atoms. The first-order chi connectivity index (χ1) is 15.3. The Morgan fingerprint density at radius 3 is 2.69 bits per heavy atom. The van der Waals surface area contributed by atoms with E-state index >= 15 is 0 Å². The van der Waals surface area contributed by atoms with Crippen molar-refractivity contribution in [2.24, 2.45) is 5.92 Å². The molecule has 1 aliphatic carbocycles. The zero-order valence-corrected chi connectivity index (χ0v) is 17.7. The van der Waals surface area contributed by atoms with Crippen LogP contribution in [-0.4, -0.2) is 41.1 Å². The van der Waals surface area contributed by atoms with E-state index in [0.29, 0.717) is 41.8 Å². The van der Waals surface area contributed by atoms with Crippen molar-refractivity contribution in [1.29, 1.82) is 0 Å². The van der Waals surface area contributed by atoms with Gasteiger partial charge in [-0.2, -0.15) is 13.2 Å². The number of hydrogen-bond donors (Lipinski definition) is 2. The molecule has 1 aliphatic rings. The summed E-state index contributed by atoms with van der Waals surface area (Å²) >= 11 is 0. The van der Waals surface area contributed by atoms with Gasteiger partial charge in [-0.05, 0) is 43.0 Å². The van der Waals surface area contributed by atoms with E-state index in [0.717, 1.165) is 12.8 Å². The maximum atomic E-state index is 12.7. The van der Waals surface area contributed by atoms with Gasteiger partial charge in [0.15, 0.2) is 6.61 Å². The number of rotatable bonds is 10. The quantitative estimate of drug-likeness (QED) is 0.581. The average molecular weight is 450 g/mol. The third-order valence-corrected chi connectivity index (χ3v) is 4.93. The van der Waals surface area contributed by atoms with Gasteiger partial charge >= 0.3 is 6.18 Å². The predicted molar refractivity (Wildman–Crippen MR) is 110 cm³/mol. The predicted octanol–water partition coefficient (Wildman–Crippen LogP) is 2.98. The van der Waals surface area contributed by atoms with E-state index in [1.54, 1.807) is 31.3 Å². The van der Waals surface area contributed by atoms with Gasteiger partial charge in [-0.1, -0.05) is 6.92 Å². The van der Waals surface area contributed by atoms with Gasteiger partial charge < -0.3 is 15.4 Å². The highest BCUT2D eigenvalue weighted by atomic mass is 19.4. The van der Waals surface area contributed by atoms with Crippen LogP contribution < -0.4 is 15.4 Å². The molecule has 7 nitrogen and oxygen atoms in total. The Kier molecular flexibility index (Phi) is 7.66. The smallest absolute Gasteiger partial charge is 0.422 e. The van der Waals surface area contributed by atoms with E-state index < -0.39 is 12.8 Å². The highest BCUT2D eigenvalue weighted by Crippen LogP contribution is 2.28. The maximum absolute atomic E-state index is 12.7. The molecule has 3 rings (SSSR count).